The Morgan fingerprint density at radius 1 is 1.31 bits per heavy atom. The molecule has 66 valence electrons. The van der Waals surface area contributed by atoms with E-state index in [9.17, 15) is 0 Å². The Morgan fingerprint density at radius 2 is 2.00 bits per heavy atom. The SMILES string of the molecule is Nc1c(S)cc2nccnc2c1Br. The number of thiol groups is 1. The van der Waals surface area contributed by atoms with Crippen molar-refractivity contribution in [2.75, 3.05) is 5.73 Å². The second kappa shape index (κ2) is 3.16. The Bertz CT molecular complexity index is 472. The fourth-order valence-corrected chi connectivity index (χ4v) is 1.98. The highest BCUT2D eigenvalue weighted by Gasteiger charge is 2.07. The number of aromatic nitrogens is 2. The molecule has 1 aromatic heterocycles. The first-order chi connectivity index (χ1) is 6.20. The third-order valence-corrected chi connectivity index (χ3v) is 2.89. The summed E-state index contributed by atoms with van der Waals surface area (Å²) in [6, 6.07) is 1.80. The maximum atomic E-state index is 5.76. The highest BCUT2D eigenvalue weighted by molar-refractivity contribution is 9.10. The van der Waals surface area contributed by atoms with Gasteiger partial charge in [0.15, 0.2) is 0 Å². The summed E-state index contributed by atoms with van der Waals surface area (Å²) in [6.07, 6.45) is 3.27. The summed E-state index contributed by atoms with van der Waals surface area (Å²) in [4.78, 5) is 9.01. The van der Waals surface area contributed by atoms with E-state index in [4.69, 9.17) is 5.73 Å². The summed E-state index contributed by atoms with van der Waals surface area (Å²) in [7, 11) is 0. The van der Waals surface area contributed by atoms with Crippen molar-refractivity contribution < 1.29 is 0 Å². The zero-order chi connectivity index (χ0) is 9.42. The molecule has 0 aliphatic carbocycles. The van der Waals surface area contributed by atoms with Gasteiger partial charge in [0.05, 0.1) is 15.7 Å². The molecule has 2 N–H and O–H groups in total. The van der Waals surface area contributed by atoms with Gasteiger partial charge in [-0.05, 0) is 22.0 Å². The monoisotopic (exact) mass is 255 g/mol. The first-order valence-electron chi connectivity index (χ1n) is 3.58. The number of hydrogen-bond donors (Lipinski definition) is 2. The van der Waals surface area contributed by atoms with Gasteiger partial charge in [-0.2, -0.15) is 0 Å². The van der Waals surface area contributed by atoms with Gasteiger partial charge in [-0.25, -0.2) is 0 Å². The molecule has 13 heavy (non-hydrogen) atoms. The van der Waals surface area contributed by atoms with Crippen LogP contribution in [0.2, 0.25) is 0 Å². The number of benzene rings is 1. The molecule has 1 aromatic carbocycles. The zero-order valence-electron chi connectivity index (χ0n) is 6.53. The maximum Gasteiger partial charge on any atom is 0.105 e. The van der Waals surface area contributed by atoms with E-state index >= 15 is 0 Å². The molecular weight excluding hydrogens is 250 g/mol. The number of nitrogen functional groups attached to an aromatic ring is 1. The lowest BCUT2D eigenvalue weighted by Crippen LogP contribution is -1.92. The van der Waals surface area contributed by atoms with E-state index in [2.05, 4.69) is 38.5 Å². The third kappa shape index (κ3) is 1.38. The van der Waals surface area contributed by atoms with E-state index in [0.717, 1.165) is 15.5 Å². The quantitative estimate of drug-likeness (QED) is 0.561. The standard InChI is InChI=1S/C8H6BrN3S/c9-6-7(10)5(13)3-4-8(6)12-2-1-11-4/h1-3,13H,10H2. The number of fused-ring (bicyclic) bond motifs is 1. The van der Waals surface area contributed by atoms with Crippen molar-refractivity contribution in [1.82, 2.24) is 9.97 Å². The van der Waals surface area contributed by atoms with Gasteiger partial charge in [0, 0.05) is 17.3 Å². The van der Waals surface area contributed by atoms with E-state index in [1.165, 1.54) is 0 Å². The van der Waals surface area contributed by atoms with E-state index in [1.54, 1.807) is 18.5 Å². The van der Waals surface area contributed by atoms with Gasteiger partial charge in [-0.1, -0.05) is 0 Å². The molecule has 0 bridgehead atoms. The van der Waals surface area contributed by atoms with Gasteiger partial charge in [-0.3, -0.25) is 9.97 Å². The minimum Gasteiger partial charge on any atom is -0.397 e. The molecule has 1 heterocycles. The molecule has 0 amide bonds. The topological polar surface area (TPSA) is 51.8 Å². The molecule has 2 rings (SSSR count). The molecule has 0 unspecified atom stereocenters. The molecular formula is C8H6BrN3S. The largest absolute Gasteiger partial charge is 0.397 e. The van der Waals surface area contributed by atoms with Crippen molar-refractivity contribution in [3.63, 3.8) is 0 Å². The zero-order valence-corrected chi connectivity index (χ0v) is 9.01. The van der Waals surface area contributed by atoms with Crippen LogP contribution in [0.15, 0.2) is 27.8 Å². The number of hydrogen-bond acceptors (Lipinski definition) is 4. The molecule has 0 aliphatic rings. The molecule has 3 nitrogen and oxygen atoms in total. The predicted octanol–water partition coefficient (Wildman–Crippen LogP) is 2.26. The van der Waals surface area contributed by atoms with Gasteiger partial charge in [0.25, 0.3) is 0 Å². The van der Waals surface area contributed by atoms with Crippen LogP contribution < -0.4 is 5.73 Å². The lowest BCUT2D eigenvalue weighted by molar-refractivity contribution is 1.27. The van der Waals surface area contributed by atoms with Crippen molar-refractivity contribution in [2.45, 2.75) is 4.90 Å². The molecule has 0 saturated carbocycles. The number of anilines is 1. The summed E-state index contributed by atoms with van der Waals surface area (Å²) in [5.74, 6) is 0. The summed E-state index contributed by atoms with van der Waals surface area (Å²) < 4.78 is 0.753. The van der Waals surface area contributed by atoms with Gasteiger partial charge >= 0.3 is 0 Å². The van der Waals surface area contributed by atoms with Crippen molar-refractivity contribution in [3.8, 4) is 0 Å². The molecule has 0 saturated heterocycles. The number of nitrogens with two attached hydrogens (primary N) is 1. The molecule has 0 radical (unpaired) electrons. The summed E-state index contributed by atoms with van der Waals surface area (Å²) >= 11 is 7.58. The van der Waals surface area contributed by atoms with Gasteiger partial charge in [0.2, 0.25) is 0 Å². The van der Waals surface area contributed by atoms with Crippen molar-refractivity contribution in [1.29, 1.82) is 0 Å². The highest BCUT2D eigenvalue weighted by atomic mass is 79.9. The molecule has 2 aromatic rings. The van der Waals surface area contributed by atoms with Crippen LogP contribution in [0.5, 0.6) is 0 Å². The minimum absolute atomic E-state index is 0.594. The average Bonchev–Trinajstić information content (AvgIpc) is 2.15. The van der Waals surface area contributed by atoms with E-state index in [0.29, 0.717) is 10.6 Å². The van der Waals surface area contributed by atoms with Crippen LogP contribution in [-0.4, -0.2) is 9.97 Å². The number of nitrogens with zero attached hydrogens (tertiary/aromatic N) is 2. The van der Waals surface area contributed by atoms with Crippen LogP contribution >= 0.6 is 28.6 Å². The van der Waals surface area contributed by atoms with E-state index in [1.807, 2.05) is 0 Å². The van der Waals surface area contributed by atoms with Crippen molar-refractivity contribution in [2.24, 2.45) is 0 Å². The maximum absolute atomic E-state index is 5.76. The lowest BCUT2D eigenvalue weighted by Gasteiger charge is -2.04. The van der Waals surface area contributed by atoms with Gasteiger partial charge in [-0.15, -0.1) is 12.6 Å². The average molecular weight is 256 g/mol. The Kier molecular flexibility index (Phi) is 2.13. The Morgan fingerprint density at radius 3 is 2.77 bits per heavy atom. The second-order valence-electron chi connectivity index (χ2n) is 2.55. The number of rotatable bonds is 0. The smallest absolute Gasteiger partial charge is 0.105 e. The van der Waals surface area contributed by atoms with Crippen molar-refractivity contribution >= 4 is 45.3 Å². The van der Waals surface area contributed by atoms with Crippen LogP contribution in [0.3, 0.4) is 0 Å². The summed E-state index contributed by atoms with van der Waals surface area (Å²) in [5.41, 5.74) is 7.90. The van der Waals surface area contributed by atoms with Gasteiger partial charge in [0.1, 0.15) is 5.52 Å². The first-order valence-corrected chi connectivity index (χ1v) is 4.82. The molecule has 0 atom stereocenters. The first kappa shape index (κ1) is 8.77. The molecule has 0 spiro atoms. The van der Waals surface area contributed by atoms with E-state index < -0.39 is 0 Å². The molecule has 5 heteroatoms. The lowest BCUT2D eigenvalue weighted by atomic mass is 10.2. The van der Waals surface area contributed by atoms with Crippen LogP contribution in [0.1, 0.15) is 0 Å². The highest BCUT2D eigenvalue weighted by Crippen LogP contribution is 2.32. The van der Waals surface area contributed by atoms with Crippen molar-refractivity contribution in [3.05, 3.63) is 22.9 Å². The Labute approximate surface area is 88.9 Å². The fraction of sp³-hybridized carbons (Fsp3) is 0. The Hall–Kier alpha value is -0.810. The Balaban J connectivity index is 2.94. The van der Waals surface area contributed by atoms with E-state index in [-0.39, 0.29) is 0 Å². The third-order valence-electron chi connectivity index (χ3n) is 1.72. The van der Waals surface area contributed by atoms with Crippen LogP contribution in [0.4, 0.5) is 5.69 Å². The summed E-state index contributed by atoms with van der Waals surface area (Å²) in [5, 5.41) is 0. The summed E-state index contributed by atoms with van der Waals surface area (Å²) in [6.45, 7) is 0. The van der Waals surface area contributed by atoms with Gasteiger partial charge < -0.3 is 5.73 Å². The minimum atomic E-state index is 0.594. The van der Waals surface area contributed by atoms with Crippen LogP contribution in [0, 0.1) is 0 Å². The number of halogens is 1. The van der Waals surface area contributed by atoms with Crippen LogP contribution in [0.25, 0.3) is 11.0 Å². The molecule has 0 aliphatic heterocycles. The molecule has 0 fully saturated rings. The normalized spacial score (nSPS) is 10.6. The second-order valence-corrected chi connectivity index (χ2v) is 3.82. The fourth-order valence-electron chi connectivity index (χ4n) is 1.07. The van der Waals surface area contributed by atoms with Crippen LogP contribution in [-0.2, 0) is 0 Å². The predicted molar refractivity (Wildman–Crippen MR) is 58.9 cm³/mol.